The topological polar surface area (TPSA) is 58.9 Å². The number of carboxylic acids is 1. The lowest BCUT2D eigenvalue weighted by atomic mass is 10.1. The number of rotatable bonds is 4. The molecule has 0 heterocycles. The lowest BCUT2D eigenvalue weighted by molar-refractivity contribution is -0.138. The molecular weight excluding hydrogens is 206 g/mol. The molecule has 1 unspecified atom stereocenters. The summed E-state index contributed by atoms with van der Waals surface area (Å²) in [6.07, 6.45) is 0. The van der Waals surface area contributed by atoms with Gasteiger partial charge in [-0.15, -0.1) is 0 Å². The molecule has 0 aromatic heterocycles. The van der Waals surface area contributed by atoms with Crippen LogP contribution >= 0.6 is 0 Å². The summed E-state index contributed by atoms with van der Waals surface area (Å²) >= 11 is 0. The molecule has 4 heteroatoms. The van der Waals surface area contributed by atoms with Crippen LogP contribution in [0.3, 0.4) is 0 Å². The van der Waals surface area contributed by atoms with E-state index in [1.165, 1.54) is 0 Å². The molecule has 86 valence electrons. The van der Waals surface area contributed by atoms with Crippen molar-refractivity contribution in [3.05, 3.63) is 24.3 Å². The summed E-state index contributed by atoms with van der Waals surface area (Å²) in [7, 11) is 1.56. The molecule has 0 radical (unpaired) electrons. The van der Waals surface area contributed by atoms with Crippen LogP contribution in [0.1, 0.15) is 13.8 Å². The maximum absolute atomic E-state index is 10.8. The molecule has 0 fully saturated rings. The fraction of sp³-hybridized carbons (Fsp3) is 0.333. The third-order valence-corrected chi connectivity index (χ3v) is 2.38. The minimum Gasteiger partial charge on any atom is -0.494 e. The molecule has 0 aliphatic heterocycles. The second-order valence-corrected chi connectivity index (χ2v) is 3.48. The molecule has 1 aromatic carbocycles. The van der Waals surface area contributed by atoms with Crippen LogP contribution < -0.4 is 4.74 Å². The first-order chi connectivity index (χ1) is 7.56. The van der Waals surface area contributed by atoms with Crippen molar-refractivity contribution in [1.29, 1.82) is 0 Å². The highest BCUT2D eigenvalue weighted by Gasteiger charge is 2.14. The monoisotopic (exact) mass is 221 g/mol. The predicted octanol–water partition coefficient (Wildman–Crippen LogP) is 2.51. The van der Waals surface area contributed by atoms with Gasteiger partial charge in [0.1, 0.15) is 11.4 Å². The number of para-hydroxylation sites is 2. The number of aliphatic imine (C=N–C) groups is 1. The number of nitrogens with zero attached hydrogens (tertiary/aromatic N) is 1. The lowest BCUT2D eigenvalue weighted by Crippen LogP contribution is -2.17. The third kappa shape index (κ3) is 2.82. The Kier molecular flexibility index (Phi) is 4.05. The van der Waals surface area contributed by atoms with Gasteiger partial charge in [0.25, 0.3) is 0 Å². The molecule has 0 amide bonds. The van der Waals surface area contributed by atoms with Crippen molar-refractivity contribution in [3.8, 4) is 5.75 Å². The van der Waals surface area contributed by atoms with Crippen molar-refractivity contribution in [1.82, 2.24) is 0 Å². The van der Waals surface area contributed by atoms with Crippen molar-refractivity contribution >= 4 is 17.4 Å². The van der Waals surface area contributed by atoms with Crippen molar-refractivity contribution in [3.63, 3.8) is 0 Å². The zero-order chi connectivity index (χ0) is 12.1. The van der Waals surface area contributed by atoms with E-state index in [2.05, 4.69) is 4.99 Å². The molecular formula is C12H15NO3. The molecule has 0 saturated heterocycles. The zero-order valence-electron chi connectivity index (χ0n) is 9.60. The molecule has 0 spiro atoms. The van der Waals surface area contributed by atoms with Crippen LogP contribution in [0.5, 0.6) is 5.75 Å². The minimum atomic E-state index is -0.879. The Balaban J connectivity index is 3.02. The molecule has 0 saturated carbocycles. The van der Waals surface area contributed by atoms with E-state index in [1.807, 2.05) is 12.1 Å². The number of benzene rings is 1. The maximum Gasteiger partial charge on any atom is 0.311 e. The fourth-order valence-electron chi connectivity index (χ4n) is 1.19. The summed E-state index contributed by atoms with van der Waals surface area (Å²) in [5, 5.41) is 8.84. The Hall–Kier alpha value is -1.84. The standard InChI is InChI=1S/C12H15NO3/c1-8(12(14)15)9(2)13-10-6-4-5-7-11(10)16-3/h4-8H,1-3H3,(H,14,15). The number of carboxylic acid groups (broad SMARTS) is 1. The van der Waals surface area contributed by atoms with Crippen molar-refractivity contribution in [2.45, 2.75) is 13.8 Å². The highest BCUT2D eigenvalue weighted by molar-refractivity contribution is 6.01. The average Bonchev–Trinajstić information content (AvgIpc) is 2.28. The Labute approximate surface area is 94.6 Å². The molecule has 0 bridgehead atoms. The SMILES string of the molecule is COc1ccccc1N=C(C)C(C)C(=O)O. The molecule has 1 aromatic rings. The Morgan fingerprint density at radius 2 is 2.06 bits per heavy atom. The minimum absolute atomic E-state index is 0.553. The number of hydrogen-bond acceptors (Lipinski definition) is 3. The summed E-state index contributed by atoms with van der Waals surface area (Å²) in [5.41, 5.74) is 1.20. The summed E-state index contributed by atoms with van der Waals surface area (Å²) < 4.78 is 5.13. The number of methoxy groups -OCH3 is 1. The smallest absolute Gasteiger partial charge is 0.311 e. The van der Waals surface area contributed by atoms with Crippen LogP contribution in [0.4, 0.5) is 5.69 Å². The quantitative estimate of drug-likeness (QED) is 0.795. The zero-order valence-corrected chi connectivity index (χ0v) is 9.60. The van der Waals surface area contributed by atoms with Gasteiger partial charge < -0.3 is 9.84 Å². The van der Waals surface area contributed by atoms with Gasteiger partial charge in [-0.25, -0.2) is 0 Å². The van der Waals surface area contributed by atoms with Gasteiger partial charge in [0.2, 0.25) is 0 Å². The predicted molar refractivity (Wildman–Crippen MR) is 62.6 cm³/mol. The second-order valence-electron chi connectivity index (χ2n) is 3.48. The first kappa shape index (κ1) is 12.2. The van der Waals surface area contributed by atoms with Gasteiger partial charge in [0.05, 0.1) is 13.0 Å². The van der Waals surface area contributed by atoms with Gasteiger partial charge in [0.15, 0.2) is 0 Å². The molecule has 1 atom stereocenters. The van der Waals surface area contributed by atoms with E-state index >= 15 is 0 Å². The first-order valence-electron chi connectivity index (χ1n) is 4.97. The summed E-state index contributed by atoms with van der Waals surface area (Å²) in [5.74, 6) is -0.833. The van der Waals surface area contributed by atoms with E-state index in [0.29, 0.717) is 17.1 Å². The summed E-state index contributed by atoms with van der Waals surface area (Å²) in [6, 6.07) is 7.25. The lowest BCUT2D eigenvalue weighted by Gasteiger charge is -2.08. The third-order valence-electron chi connectivity index (χ3n) is 2.38. The van der Waals surface area contributed by atoms with Gasteiger partial charge in [-0.3, -0.25) is 9.79 Å². The van der Waals surface area contributed by atoms with Crippen LogP contribution in [0.25, 0.3) is 0 Å². The summed E-state index contributed by atoms with van der Waals surface area (Å²) in [4.78, 5) is 15.0. The molecule has 16 heavy (non-hydrogen) atoms. The highest BCUT2D eigenvalue weighted by atomic mass is 16.5. The van der Waals surface area contributed by atoms with Crippen molar-refractivity contribution in [2.24, 2.45) is 10.9 Å². The number of ether oxygens (including phenoxy) is 1. The van der Waals surface area contributed by atoms with E-state index in [1.54, 1.807) is 33.1 Å². The number of hydrogen-bond donors (Lipinski definition) is 1. The second kappa shape index (κ2) is 5.30. The average molecular weight is 221 g/mol. The van der Waals surface area contributed by atoms with Crippen LogP contribution in [0.2, 0.25) is 0 Å². The molecule has 0 aliphatic carbocycles. The number of carbonyl (C=O) groups is 1. The van der Waals surface area contributed by atoms with Crippen LogP contribution in [0.15, 0.2) is 29.3 Å². The van der Waals surface area contributed by atoms with Gasteiger partial charge in [-0.1, -0.05) is 12.1 Å². The van der Waals surface area contributed by atoms with Gasteiger partial charge >= 0.3 is 5.97 Å². The molecule has 1 N–H and O–H groups in total. The van der Waals surface area contributed by atoms with Gasteiger partial charge in [-0.2, -0.15) is 0 Å². The van der Waals surface area contributed by atoms with Gasteiger partial charge in [0, 0.05) is 5.71 Å². The van der Waals surface area contributed by atoms with Crippen LogP contribution in [-0.2, 0) is 4.79 Å². The van der Waals surface area contributed by atoms with Gasteiger partial charge in [-0.05, 0) is 26.0 Å². The van der Waals surface area contributed by atoms with E-state index in [9.17, 15) is 4.79 Å². The first-order valence-corrected chi connectivity index (χ1v) is 4.97. The van der Waals surface area contributed by atoms with E-state index in [4.69, 9.17) is 9.84 Å². The molecule has 4 nitrogen and oxygen atoms in total. The number of aliphatic carboxylic acids is 1. The van der Waals surface area contributed by atoms with Crippen LogP contribution in [0, 0.1) is 5.92 Å². The van der Waals surface area contributed by atoms with Crippen LogP contribution in [-0.4, -0.2) is 23.9 Å². The largest absolute Gasteiger partial charge is 0.494 e. The molecule has 1 rings (SSSR count). The Morgan fingerprint density at radius 1 is 1.44 bits per heavy atom. The Morgan fingerprint density at radius 3 is 2.62 bits per heavy atom. The van der Waals surface area contributed by atoms with E-state index in [0.717, 1.165) is 0 Å². The van der Waals surface area contributed by atoms with E-state index in [-0.39, 0.29) is 0 Å². The van der Waals surface area contributed by atoms with E-state index < -0.39 is 11.9 Å². The highest BCUT2D eigenvalue weighted by Crippen LogP contribution is 2.27. The summed E-state index contributed by atoms with van der Waals surface area (Å²) in [6.45, 7) is 3.31. The fourth-order valence-corrected chi connectivity index (χ4v) is 1.19. The maximum atomic E-state index is 10.8. The van der Waals surface area contributed by atoms with Crippen molar-refractivity contribution in [2.75, 3.05) is 7.11 Å². The van der Waals surface area contributed by atoms with Crippen molar-refractivity contribution < 1.29 is 14.6 Å². The Bertz CT molecular complexity index is 412. The molecule has 0 aliphatic rings. The normalized spacial score (nSPS) is 13.3.